The zero-order valence-corrected chi connectivity index (χ0v) is 10.2. The van der Waals surface area contributed by atoms with Crippen molar-refractivity contribution in [2.24, 2.45) is 0 Å². The van der Waals surface area contributed by atoms with Crippen molar-refractivity contribution in [1.82, 2.24) is 10.2 Å². The smallest absolute Gasteiger partial charge is 0.260 e. The van der Waals surface area contributed by atoms with Gasteiger partial charge in [0.05, 0.1) is 24.6 Å². The van der Waals surface area contributed by atoms with Crippen LogP contribution in [-0.4, -0.2) is 23.2 Å². The number of methoxy groups -OCH3 is 1. The molecule has 0 saturated heterocycles. The second-order valence-corrected chi connectivity index (χ2v) is 3.86. The highest BCUT2D eigenvalue weighted by Crippen LogP contribution is 2.22. The Morgan fingerprint density at radius 2 is 2.28 bits per heavy atom. The van der Waals surface area contributed by atoms with Crippen LogP contribution in [0.15, 0.2) is 24.4 Å². The lowest BCUT2D eigenvalue weighted by Gasteiger charge is -2.09. The van der Waals surface area contributed by atoms with Gasteiger partial charge in [-0.25, -0.2) is 0 Å². The number of carbonyl (C=O) groups is 1. The van der Waals surface area contributed by atoms with Gasteiger partial charge >= 0.3 is 0 Å². The van der Waals surface area contributed by atoms with Gasteiger partial charge in [0.25, 0.3) is 5.91 Å². The number of amides is 1. The van der Waals surface area contributed by atoms with Gasteiger partial charge in [0.1, 0.15) is 5.75 Å². The Morgan fingerprint density at radius 1 is 1.50 bits per heavy atom. The van der Waals surface area contributed by atoms with E-state index in [9.17, 15) is 4.79 Å². The molecule has 0 atom stereocenters. The van der Waals surface area contributed by atoms with Crippen molar-refractivity contribution in [3.05, 3.63) is 35.5 Å². The van der Waals surface area contributed by atoms with E-state index in [0.717, 1.165) is 5.56 Å². The van der Waals surface area contributed by atoms with Gasteiger partial charge in [-0.3, -0.25) is 9.89 Å². The number of nitrogen functional groups attached to an aromatic ring is 1. The maximum absolute atomic E-state index is 12.1. The van der Waals surface area contributed by atoms with Gasteiger partial charge in [0, 0.05) is 0 Å². The molecule has 0 radical (unpaired) electrons. The molecule has 6 heteroatoms. The van der Waals surface area contributed by atoms with Crippen LogP contribution in [-0.2, 0) is 0 Å². The number of benzene rings is 1. The molecule has 0 aliphatic carbocycles. The lowest BCUT2D eigenvalue weighted by Crippen LogP contribution is -2.14. The van der Waals surface area contributed by atoms with Crippen LogP contribution < -0.4 is 15.8 Å². The highest BCUT2D eigenvalue weighted by molar-refractivity contribution is 6.06. The van der Waals surface area contributed by atoms with Gasteiger partial charge in [-0.2, -0.15) is 5.10 Å². The Hall–Kier alpha value is -2.50. The Balaban J connectivity index is 2.29. The van der Waals surface area contributed by atoms with Crippen molar-refractivity contribution in [2.45, 2.75) is 6.92 Å². The number of nitrogens with zero attached hydrogens (tertiary/aromatic N) is 1. The van der Waals surface area contributed by atoms with E-state index in [2.05, 4.69) is 15.5 Å². The molecular weight excluding hydrogens is 232 g/mol. The summed E-state index contributed by atoms with van der Waals surface area (Å²) >= 11 is 0. The molecule has 0 aliphatic rings. The van der Waals surface area contributed by atoms with E-state index in [1.165, 1.54) is 13.3 Å². The van der Waals surface area contributed by atoms with Crippen LogP contribution in [0.4, 0.5) is 11.5 Å². The molecule has 0 saturated carbocycles. The molecule has 4 N–H and O–H groups in total. The summed E-state index contributed by atoms with van der Waals surface area (Å²) in [5, 5.41) is 8.99. The predicted octanol–water partition coefficient (Wildman–Crippen LogP) is 1.56. The monoisotopic (exact) mass is 246 g/mol. The largest absolute Gasteiger partial charge is 0.496 e. The normalized spacial score (nSPS) is 10.1. The number of carbonyl (C=O) groups excluding carboxylic acids is 1. The number of aromatic amines is 1. The van der Waals surface area contributed by atoms with E-state index in [1.54, 1.807) is 12.1 Å². The fourth-order valence-electron chi connectivity index (χ4n) is 1.58. The van der Waals surface area contributed by atoms with Gasteiger partial charge in [0.15, 0.2) is 5.82 Å². The topological polar surface area (TPSA) is 93.0 Å². The molecule has 1 aromatic carbocycles. The summed E-state index contributed by atoms with van der Waals surface area (Å²) in [4.78, 5) is 12.1. The fraction of sp³-hybridized carbons (Fsp3) is 0.167. The number of rotatable bonds is 3. The number of nitrogens with one attached hydrogen (secondary N) is 2. The minimum Gasteiger partial charge on any atom is -0.496 e. The SMILES string of the molecule is COc1ccc(C)cc1C(=O)Nc1[nH]ncc1N. The summed E-state index contributed by atoms with van der Waals surface area (Å²) < 4.78 is 5.15. The third kappa shape index (κ3) is 2.27. The molecule has 0 fully saturated rings. The number of H-pyrrole nitrogens is 1. The molecule has 0 bridgehead atoms. The van der Waals surface area contributed by atoms with E-state index >= 15 is 0 Å². The quantitative estimate of drug-likeness (QED) is 0.766. The Morgan fingerprint density at radius 3 is 2.89 bits per heavy atom. The maximum atomic E-state index is 12.1. The third-order valence-electron chi connectivity index (χ3n) is 2.51. The van der Waals surface area contributed by atoms with Crippen molar-refractivity contribution in [2.75, 3.05) is 18.2 Å². The molecule has 2 rings (SSSR count). The second-order valence-electron chi connectivity index (χ2n) is 3.86. The van der Waals surface area contributed by atoms with Gasteiger partial charge in [0.2, 0.25) is 0 Å². The van der Waals surface area contributed by atoms with Crippen LogP contribution >= 0.6 is 0 Å². The van der Waals surface area contributed by atoms with Crippen LogP contribution in [0, 0.1) is 6.92 Å². The molecule has 0 spiro atoms. The first kappa shape index (κ1) is 12.0. The van der Waals surface area contributed by atoms with Crippen LogP contribution in [0.2, 0.25) is 0 Å². The van der Waals surface area contributed by atoms with Gasteiger partial charge in [-0.15, -0.1) is 0 Å². The number of hydrogen-bond acceptors (Lipinski definition) is 4. The van der Waals surface area contributed by atoms with Gasteiger partial charge in [-0.1, -0.05) is 11.6 Å². The van der Waals surface area contributed by atoms with Crippen molar-refractivity contribution in [3.63, 3.8) is 0 Å². The minimum absolute atomic E-state index is 0.300. The van der Waals surface area contributed by atoms with Crippen LogP contribution in [0.1, 0.15) is 15.9 Å². The second kappa shape index (κ2) is 4.79. The van der Waals surface area contributed by atoms with Gasteiger partial charge < -0.3 is 15.8 Å². The zero-order chi connectivity index (χ0) is 13.1. The summed E-state index contributed by atoms with van der Waals surface area (Å²) in [6.45, 7) is 1.90. The maximum Gasteiger partial charge on any atom is 0.260 e. The summed E-state index contributed by atoms with van der Waals surface area (Å²) in [5.41, 5.74) is 7.43. The zero-order valence-electron chi connectivity index (χ0n) is 10.2. The molecule has 0 aliphatic heterocycles. The number of nitrogens with two attached hydrogens (primary N) is 1. The van der Waals surface area contributed by atoms with E-state index < -0.39 is 0 Å². The third-order valence-corrected chi connectivity index (χ3v) is 2.51. The lowest BCUT2D eigenvalue weighted by molar-refractivity contribution is 0.102. The number of hydrogen-bond donors (Lipinski definition) is 3. The van der Waals surface area contributed by atoms with E-state index in [1.807, 2.05) is 13.0 Å². The summed E-state index contributed by atoms with van der Waals surface area (Å²) in [5.74, 6) is 0.589. The average Bonchev–Trinajstić information content (AvgIpc) is 2.75. The van der Waals surface area contributed by atoms with E-state index in [-0.39, 0.29) is 5.91 Å². The van der Waals surface area contributed by atoms with Crippen molar-refractivity contribution in [1.29, 1.82) is 0 Å². The first-order chi connectivity index (χ1) is 8.61. The molecule has 0 unspecified atom stereocenters. The molecule has 1 heterocycles. The molecule has 1 amide bonds. The number of anilines is 2. The molecule has 1 aromatic heterocycles. The Bertz CT molecular complexity index is 577. The van der Waals surface area contributed by atoms with E-state index in [4.69, 9.17) is 10.5 Å². The predicted molar refractivity (Wildman–Crippen MR) is 68.7 cm³/mol. The average molecular weight is 246 g/mol. The standard InChI is InChI=1S/C12H14N4O2/c1-7-3-4-10(18-2)8(5-7)12(17)15-11-9(13)6-14-16-11/h3-6H,13H2,1-2H3,(H2,14,15,16,17). The molecular formula is C12H14N4O2. The molecule has 18 heavy (non-hydrogen) atoms. The molecule has 94 valence electrons. The van der Waals surface area contributed by atoms with Crippen molar-refractivity contribution in [3.8, 4) is 5.75 Å². The first-order valence-electron chi connectivity index (χ1n) is 5.36. The highest BCUT2D eigenvalue weighted by atomic mass is 16.5. The van der Waals surface area contributed by atoms with E-state index in [0.29, 0.717) is 22.8 Å². The van der Waals surface area contributed by atoms with Crippen LogP contribution in [0.5, 0.6) is 5.75 Å². The van der Waals surface area contributed by atoms with Crippen LogP contribution in [0.25, 0.3) is 0 Å². The minimum atomic E-state index is -0.300. The number of aryl methyl sites for hydroxylation is 1. The first-order valence-corrected chi connectivity index (χ1v) is 5.36. The van der Waals surface area contributed by atoms with Crippen molar-refractivity contribution < 1.29 is 9.53 Å². The number of ether oxygens (including phenoxy) is 1. The van der Waals surface area contributed by atoms with Crippen LogP contribution in [0.3, 0.4) is 0 Å². The molecule has 2 aromatic rings. The Kier molecular flexibility index (Phi) is 3.18. The summed E-state index contributed by atoms with van der Waals surface area (Å²) in [7, 11) is 1.52. The highest BCUT2D eigenvalue weighted by Gasteiger charge is 2.14. The molecule has 6 nitrogen and oxygen atoms in total. The lowest BCUT2D eigenvalue weighted by atomic mass is 10.1. The summed E-state index contributed by atoms with van der Waals surface area (Å²) in [6.07, 6.45) is 1.43. The van der Waals surface area contributed by atoms with Crippen molar-refractivity contribution >= 4 is 17.4 Å². The summed E-state index contributed by atoms with van der Waals surface area (Å²) in [6, 6.07) is 5.38. The Labute approximate surface area is 104 Å². The fourth-order valence-corrected chi connectivity index (χ4v) is 1.58. The van der Waals surface area contributed by atoms with Gasteiger partial charge in [-0.05, 0) is 19.1 Å². The number of aromatic nitrogens is 2.